The van der Waals surface area contributed by atoms with E-state index >= 15 is 0 Å². The van der Waals surface area contributed by atoms with Crippen LogP contribution in [0.4, 0.5) is 0 Å². The average Bonchev–Trinajstić information content (AvgIpc) is 1.68. The molecule has 0 fully saturated rings. The average molecular weight is 243 g/mol. The maximum Gasteiger partial charge on any atom is 0.0364 e. The van der Waals surface area contributed by atoms with Crippen molar-refractivity contribution in [3.05, 3.63) is 0 Å². The zero-order valence-electron chi connectivity index (χ0n) is 5.24. The third-order valence-electron chi connectivity index (χ3n) is 0.718. The van der Waals surface area contributed by atoms with E-state index in [-0.39, 0.29) is 0 Å². The first-order valence-electron chi connectivity index (χ1n) is 2.62. The molecule has 1 nitrogen and oxygen atoms in total. The Kier molecular flexibility index (Phi) is 6.58. The van der Waals surface area contributed by atoms with Crippen molar-refractivity contribution < 1.29 is 0 Å². The first-order chi connectivity index (χ1) is 3.81. The number of hydrogen-bond acceptors (Lipinski definition) is 1. The number of hydrogen-bond donors (Lipinski definition) is 0. The van der Waals surface area contributed by atoms with Gasteiger partial charge in [0.2, 0.25) is 0 Å². The highest BCUT2D eigenvalue weighted by Crippen LogP contribution is 2.15. The van der Waals surface area contributed by atoms with Crippen molar-refractivity contribution >= 4 is 36.6 Å². The summed E-state index contributed by atoms with van der Waals surface area (Å²) in [5.41, 5.74) is 1.31. The Labute approximate surface area is 66.3 Å². The van der Waals surface area contributed by atoms with E-state index in [4.69, 9.17) is 0 Å². The van der Waals surface area contributed by atoms with Crippen LogP contribution in [-0.4, -0.2) is 16.2 Å². The standard InChI is InChI=1S/C5H11INP/c1-3-7-5(2)8-4-6/h8H,3-4H2,1-2H3. The van der Waals surface area contributed by atoms with Gasteiger partial charge in [0.1, 0.15) is 0 Å². The van der Waals surface area contributed by atoms with E-state index in [1.54, 1.807) is 0 Å². The zero-order chi connectivity index (χ0) is 6.41. The molecule has 0 N–H and O–H groups in total. The van der Waals surface area contributed by atoms with Crippen LogP contribution in [0.15, 0.2) is 4.99 Å². The Morgan fingerprint density at radius 3 is 2.75 bits per heavy atom. The third kappa shape index (κ3) is 4.98. The molecular formula is C5H11INP. The van der Waals surface area contributed by atoms with E-state index in [9.17, 15) is 0 Å². The SMILES string of the molecule is CCN=C(C)PCI. The Morgan fingerprint density at radius 2 is 2.38 bits per heavy atom. The van der Waals surface area contributed by atoms with Gasteiger partial charge in [-0.3, -0.25) is 4.99 Å². The first-order valence-corrected chi connectivity index (χ1v) is 5.35. The largest absolute Gasteiger partial charge is 0.290 e. The summed E-state index contributed by atoms with van der Waals surface area (Å²) in [7, 11) is 0.932. The minimum Gasteiger partial charge on any atom is -0.290 e. The molecule has 1 unspecified atom stereocenters. The molecule has 0 aromatic carbocycles. The molecule has 8 heavy (non-hydrogen) atoms. The number of halogens is 1. The molecule has 0 rings (SSSR count). The number of aliphatic imine (C=N–C) groups is 1. The molecule has 0 aliphatic heterocycles. The maximum atomic E-state index is 4.24. The first kappa shape index (κ1) is 8.83. The van der Waals surface area contributed by atoms with E-state index in [0.29, 0.717) is 0 Å². The number of alkyl halides is 1. The van der Waals surface area contributed by atoms with Gasteiger partial charge in [-0.15, -0.1) is 0 Å². The molecule has 1 atom stereocenters. The molecule has 0 spiro atoms. The maximum absolute atomic E-state index is 4.24. The summed E-state index contributed by atoms with van der Waals surface area (Å²) >= 11 is 2.37. The van der Waals surface area contributed by atoms with Crippen LogP contribution in [0.3, 0.4) is 0 Å². The summed E-state index contributed by atoms with van der Waals surface area (Å²) in [4.78, 5) is 4.24. The number of rotatable bonds is 3. The lowest BCUT2D eigenvalue weighted by Crippen LogP contribution is -1.80. The second-order valence-electron chi connectivity index (χ2n) is 1.37. The van der Waals surface area contributed by atoms with Gasteiger partial charge >= 0.3 is 0 Å². The third-order valence-corrected chi connectivity index (χ3v) is 2.67. The highest BCUT2D eigenvalue weighted by atomic mass is 127. The van der Waals surface area contributed by atoms with E-state index in [1.807, 2.05) is 0 Å². The molecule has 3 heteroatoms. The summed E-state index contributed by atoms with van der Waals surface area (Å²) in [5.74, 6) is 0. The van der Waals surface area contributed by atoms with Gasteiger partial charge in [-0.1, -0.05) is 31.2 Å². The molecule has 0 amide bonds. The van der Waals surface area contributed by atoms with Gasteiger partial charge in [0.25, 0.3) is 0 Å². The smallest absolute Gasteiger partial charge is 0.0364 e. The van der Waals surface area contributed by atoms with Crippen molar-refractivity contribution in [1.29, 1.82) is 0 Å². The Bertz CT molecular complexity index is 82.5. The van der Waals surface area contributed by atoms with Gasteiger partial charge in [-0.05, 0) is 13.8 Å². The van der Waals surface area contributed by atoms with E-state index < -0.39 is 0 Å². The van der Waals surface area contributed by atoms with Crippen LogP contribution in [-0.2, 0) is 0 Å². The molecule has 0 aliphatic rings. The van der Waals surface area contributed by atoms with Gasteiger partial charge in [0.15, 0.2) is 0 Å². The molecular weight excluding hydrogens is 232 g/mol. The summed E-state index contributed by atoms with van der Waals surface area (Å²) in [6.45, 7) is 5.11. The molecule has 0 radical (unpaired) electrons. The summed E-state index contributed by atoms with van der Waals surface area (Å²) in [5, 5.41) is 0. The topological polar surface area (TPSA) is 12.4 Å². The van der Waals surface area contributed by atoms with Crippen molar-refractivity contribution in [2.45, 2.75) is 13.8 Å². The van der Waals surface area contributed by atoms with Gasteiger partial charge < -0.3 is 0 Å². The van der Waals surface area contributed by atoms with Crippen LogP contribution in [0.25, 0.3) is 0 Å². The second-order valence-corrected chi connectivity index (χ2v) is 5.00. The van der Waals surface area contributed by atoms with Gasteiger partial charge in [-0.2, -0.15) is 0 Å². The number of nitrogens with zero attached hydrogens (tertiary/aromatic N) is 1. The molecule has 48 valence electrons. The summed E-state index contributed by atoms with van der Waals surface area (Å²) in [6.07, 6.45) is 0. The van der Waals surface area contributed by atoms with Gasteiger partial charge in [0.05, 0.1) is 0 Å². The minimum absolute atomic E-state index is 0.932. The fourth-order valence-electron chi connectivity index (χ4n) is 0.390. The van der Waals surface area contributed by atoms with Crippen LogP contribution < -0.4 is 0 Å². The highest BCUT2D eigenvalue weighted by Gasteiger charge is 1.84. The summed E-state index contributed by atoms with van der Waals surface area (Å²) in [6, 6.07) is 0. The van der Waals surface area contributed by atoms with Crippen molar-refractivity contribution in [3.63, 3.8) is 0 Å². The lowest BCUT2D eigenvalue weighted by Gasteiger charge is -1.92. The molecule has 0 saturated heterocycles. The molecule has 0 bridgehead atoms. The van der Waals surface area contributed by atoms with Crippen molar-refractivity contribution in [2.24, 2.45) is 4.99 Å². The fraction of sp³-hybridized carbons (Fsp3) is 0.800. The van der Waals surface area contributed by atoms with E-state index in [1.165, 1.54) is 9.62 Å². The Hall–Kier alpha value is 0.830. The predicted octanol–water partition coefficient (Wildman–Crippen LogP) is 2.50. The van der Waals surface area contributed by atoms with Crippen LogP contribution in [0.1, 0.15) is 13.8 Å². The Balaban J connectivity index is 3.29. The molecule has 0 heterocycles. The molecule has 0 aliphatic carbocycles. The van der Waals surface area contributed by atoms with Crippen LogP contribution in [0.5, 0.6) is 0 Å². The van der Waals surface area contributed by atoms with Crippen LogP contribution in [0, 0.1) is 0 Å². The quantitative estimate of drug-likeness (QED) is 0.312. The minimum atomic E-state index is 0.932. The zero-order valence-corrected chi connectivity index (χ0v) is 8.40. The molecule has 0 aromatic heterocycles. The van der Waals surface area contributed by atoms with E-state index in [0.717, 1.165) is 15.1 Å². The predicted molar refractivity (Wildman–Crippen MR) is 50.9 cm³/mol. The fourth-order valence-corrected chi connectivity index (χ4v) is 2.51. The van der Waals surface area contributed by atoms with E-state index in [2.05, 4.69) is 41.4 Å². The summed E-state index contributed by atoms with van der Waals surface area (Å²) < 4.78 is 1.22. The normalized spacial score (nSPS) is 13.6. The molecule has 0 saturated carbocycles. The highest BCUT2D eigenvalue weighted by molar-refractivity contribution is 14.1. The second kappa shape index (κ2) is 5.96. The lowest BCUT2D eigenvalue weighted by molar-refractivity contribution is 1.13. The van der Waals surface area contributed by atoms with Gasteiger partial charge in [-0.25, -0.2) is 0 Å². The van der Waals surface area contributed by atoms with Crippen LogP contribution in [0.2, 0.25) is 0 Å². The lowest BCUT2D eigenvalue weighted by atomic mass is 10.7. The van der Waals surface area contributed by atoms with Crippen molar-refractivity contribution in [2.75, 3.05) is 10.7 Å². The van der Waals surface area contributed by atoms with Gasteiger partial charge in [0, 0.05) is 16.2 Å². The Morgan fingerprint density at radius 1 is 1.75 bits per heavy atom. The molecule has 0 aromatic rings. The van der Waals surface area contributed by atoms with Crippen LogP contribution >= 0.6 is 31.2 Å². The van der Waals surface area contributed by atoms with Crippen molar-refractivity contribution in [1.82, 2.24) is 0 Å². The monoisotopic (exact) mass is 243 g/mol. The van der Waals surface area contributed by atoms with Crippen molar-refractivity contribution in [3.8, 4) is 0 Å².